The van der Waals surface area contributed by atoms with E-state index < -0.39 is 0 Å². The van der Waals surface area contributed by atoms with Crippen LogP contribution in [0.5, 0.6) is 0 Å². The zero-order valence-electron chi connectivity index (χ0n) is 29.1. The first-order chi connectivity index (χ1) is 26.8. The van der Waals surface area contributed by atoms with E-state index >= 15 is 0 Å². The molecule has 8 aromatic carbocycles. The summed E-state index contributed by atoms with van der Waals surface area (Å²) in [6.07, 6.45) is 0. The van der Waals surface area contributed by atoms with Gasteiger partial charge in [-0.15, -0.1) is 0 Å². The van der Waals surface area contributed by atoms with Crippen LogP contribution >= 0.6 is 0 Å². The molecule has 0 amide bonds. The molecule has 0 aliphatic heterocycles. The Morgan fingerprint density at radius 3 is 1.54 bits per heavy atom. The van der Waals surface area contributed by atoms with Crippen molar-refractivity contribution in [3.63, 3.8) is 0 Å². The Morgan fingerprint density at radius 2 is 0.815 bits per heavy atom. The summed E-state index contributed by atoms with van der Waals surface area (Å²) in [7, 11) is 0. The van der Waals surface area contributed by atoms with Gasteiger partial charge in [0.2, 0.25) is 5.71 Å². The molecular weight excluding hydrogens is 659 g/mol. The van der Waals surface area contributed by atoms with Gasteiger partial charge in [0.25, 0.3) is 0 Å². The van der Waals surface area contributed by atoms with Crippen molar-refractivity contribution in [1.29, 1.82) is 0 Å². The van der Waals surface area contributed by atoms with Crippen LogP contribution in [0.2, 0.25) is 0 Å². The zero-order chi connectivity index (χ0) is 35.3. The summed E-state index contributed by atoms with van der Waals surface area (Å²) in [4.78, 5) is 0. The van der Waals surface area contributed by atoms with Gasteiger partial charge in [-0.25, -0.2) is 0 Å². The van der Waals surface area contributed by atoms with Gasteiger partial charge in [0, 0.05) is 49.4 Å². The topological polar surface area (TPSA) is 27.9 Å². The molecule has 54 heavy (non-hydrogen) atoms. The van der Waals surface area contributed by atoms with Crippen LogP contribution in [0.3, 0.4) is 0 Å². The Balaban J connectivity index is 1.12. The maximum atomic E-state index is 6.57. The number of fused-ring (bicyclic) bond motifs is 11. The van der Waals surface area contributed by atoms with E-state index in [1.807, 2.05) is 6.07 Å². The van der Waals surface area contributed by atoms with E-state index in [1.165, 1.54) is 54.6 Å². The molecule has 0 aliphatic carbocycles. The lowest BCUT2D eigenvalue weighted by Crippen LogP contribution is -1.95. The van der Waals surface area contributed by atoms with Gasteiger partial charge in [-0.2, -0.15) is 0 Å². The van der Waals surface area contributed by atoms with E-state index in [9.17, 15) is 0 Å². The first-order valence-corrected chi connectivity index (χ1v) is 18.4. The summed E-state index contributed by atoms with van der Waals surface area (Å²) in [6.45, 7) is 0. The smallest absolute Gasteiger partial charge is 0.213 e. The maximum Gasteiger partial charge on any atom is 0.213 e. The minimum atomic E-state index is 0.869. The van der Waals surface area contributed by atoms with Crippen molar-refractivity contribution in [2.45, 2.75) is 0 Å². The first-order valence-electron chi connectivity index (χ1n) is 18.4. The molecule has 0 atom stereocenters. The van der Waals surface area contributed by atoms with Crippen LogP contribution in [0, 0.1) is 0 Å². The summed E-state index contributed by atoms with van der Waals surface area (Å²) in [6, 6.07) is 67.7. The quantitative estimate of drug-likeness (QED) is 0.181. The molecule has 4 aromatic heterocycles. The lowest BCUT2D eigenvalue weighted by atomic mass is 10.0. The molecule has 0 spiro atoms. The summed E-state index contributed by atoms with van der Waals surface area (Å²) < 4.78 is 13.6. The van der Waals surface area contributed by atoms with E-state index in [0.717, 1.165) is 50.2 Å². The fraction of sp³-hybridized carbons (Fsp3) is 0. The second kappa shape index (κ2) is 11.1. The third kappa shape index (κ3) is 4.08. The standard InChI is InChI=1S/C50H31N3O/c1-3-13-34(14-4-1)51-45-27-24-32(29-41(45)42-31-36(25-28-46(42)51)52-43-20-10-7-17-37(43)38-18-8-11-21-44(38)52)33-23-26-39-47(30-33)53(35-15-5-2-6-16-35)50-49(39)40-19-9-12-22-48(40)54-50/h1-31H. The molecule has 0 N–H and O–H groups in total. The van der Waals surface area contributed by atoms with E-state index in [1.54, 1.807) is 0 Å². The lowest BCUT2D eigenvalue weighted by Gasteiger charge is -2.10. The number of rotatable bonds is 4. The third-order valence-corrected chi connectivity index (χ3v) is 11.2. The lowest BCUT2D eigenvalue weighted by molar-refractivity contribution is 0.645. The molecule has 4 heteroatoms. The number of hydrogen-bond donors (Lipinski definition) is 0. The molecule has 0 unspecified atom stereocenters. The number of benzene rings is 8. The highest BCUT2D eigenvalue weighted by Gasteiger charge is 2.21. The summed E-state index contributed by atoms with van der Waals surface area (Å²) in [5.41, 5.74) is 13.4. The third-order valence-electron chi connectivity index (χ3n) is 11.2. The molecule has 4 nitrogen and oxygen atoms in total. The molecule has 0 radical (unpaired) electrons. The molecule has 0 fully saturated rings. The fourth-order valence-corrected chi connectivity index (χ4v) is 8.89. The van der Waals surface area contributed by atoms with Crippen LogP contribution in [-0.2, 0) is 0 Å². The molecule has 12 rings (SSSR count). The van der Waals surface area contributed by atoms with Gasteiger partial charge >= 0.3 is 0 Å². The predicted molar refractivity (Wildman–Crippen MR) is 225 cm³/mol. The molecule has 4 heterocycles. The Bertz CT molecular complexity index is 3380. The van der Waals surface area contributed by atoms with Crippen LogP contribution in [-0.4, -0.2) is 13.7 Å². The van der Waals surface area contributed by atoms with Gasteiger partial charge in [0.05, 0.1) is 33.0 Å². The van der Waals surface area contributed by atoms with Crippen molar-refractivity contribution in [3.8, 4) is 28.2 Å². The van der Waals surface area contributed by atoms with Gasteiger partial charge in [0.15, 0.2) is 0 Å². The molecule has 0 saturated heterocycles. The molecule has 252 valence electrons. The number of aromatic nitrogens is 3. The van der Waals surface area contributed by atoms with E-state index in [0.29, 0.717) is 0 Å². The zero-order valence-corrected chi connectivity index (χ0v) is 29.1. The van der Waals surface area contributed by atoms with Gasteiger partial charge < -0.3 is 13.6 Å². The normalized spacial score (nSPS) is 12.1. The van der Waals surface area contributed by atoms with Crippen molar-refractivity contribution >= 4 is 76.6 Å². The molecular formula is C50H31N3O. The SMILES string of the molecule is c1ccc(-n2c3ccc(-c4ccc5c6c7ccccc7oc6n(-c6ccccc6)c5c4)cc3c3cc(-n4c5ccccc5c5ccccc54)ccc32)cc1. The maximum absolute atomic E-state index is 6.57. The predicted octanol–water partition coefficient (Wildman–Crippen LogP) is 13.4. The van der Waals surface area contributed by atoms with Gasteiger partial charge in [-0.1, -0.05) is 109 Å². The Kier molecular flexibility index (Phi) is 6.02. The van der Waals surface area contributed by atoms with E-state index in [-0.39, 0.29) is 0 Å². The van der Waals surface area contributed by atoms with Gasteiger partial charge in [-0.05, 0) is 90.0 Å². The van der Waals surface area contributed by atoms with Gasteiger partial charge in [-0.3, -0.25) is 4.57 Å². The fourth-order valence-electron chi connectivity index (χ4n) is 8.89. The van der Waals surface area contributed by atoms with Crippen molar-refractivity contribution in [1.82, 2.24) is 13.7 Å². The molecule has 0 aliphatic rings. The monoisotopic (exact) mass is 689 g/mol. The van der Waals surface area contributed by atoms with Crippen molar-refractivity contribution in [3.05, 3.63) is 188 Å². The largest absolute Gasteiger partial charge is 0.439 e. The van der Waals surface area contributed by atoms with Crippen molar-refractivity contribution < 1.29 is 4.42 Å². The number of nitrogens with zero attached hydrogens (tertiary/aromatic N) is 3. The van der Waals surface area contributed by atoms with Crippen LogP contribution in [0.1, 0.15) is 0 Å². The number of furan rings is 1. The van der Waals surface area contributed by atoms with Crippen LogP contribution < -0.4 is 0 Å². The molecule has 0 saturated carbocycles. The van der Waals surface area contributed by atoms with E-state index in [2.05, 4.69) is 196 Å². The average Bonchev–Trinajstić information content (AvgIpc) is 3.96. The first kappa shape index (κ1) is 29.3. The second-order valence-electron chi connectivity index (χ2n) is 14.2. The average molecular weight is 690 g/mol. The number of hydrogen-bond acceptors (Lipinski definition) is 1. The Morgan fingerprint density at radius 1 is 0.296 bits per heavy atom. The highest BCUT2D eigenvalue weighted by atomic mass is 16.3. The Hall–Kier alpha value is -7.30. The highest BCUT2D eigenvalue weighted by Crippen LogP contribution is 2.42. The van der Waals surface area contributed by atoms with E-state index in [4.69, 9.17) is 4.42 Å². The minimum Gasteiger partial charge on any atom is -0.439 e. The van der Waals surface area contributed by atoms with Crippen LogP contribution in [0.4, 0.5) is 0 Å². The van der Waals surface area contributed by atoms with Crippen molar-refractivity contribution in [2.24, 2.45) is 0 Å². The second-order valence-corrected chi connectivity index (χ2v) is 14.2. The number of para-hydroxylation sites is 5. The summed E-state index contributed by atoms with van der Waals surface area (Å²) in [5.74, 6) is 0. The van der Waals surface area contributed by atoms with Crippen LogP contribution in [0.25, 0.3) is 105 Å². The van der Waals surface area contributed by atoms with Crippen molar-refractivity contribution in [2.75, 3.05) is 0 Å². The van der Waals surface area contributed by atoms with Gasteiger partial charge in [0.1, 0.15) is 5.58 Å². The molecule has 12 aromatic rings. The minimum absolute atomic E-state index is 0.869. The summed E-state index contributed by atoms with van der Waals surface area (Å²) in [5, 5.41) is 8.42. The highest BCUT2D eigenvalue weighted by molar-refractivity contribution is 6.20. The molecule has 0 bridgehead atoms. The van der Waals surface area contributed by atoms with Crippen LogP contribution in [0.15, 0.2) is 192 Å². The summed E-state index contributed by atoms with van der Waals surface area (Å²) >= 11 is 0. The Labute approximate surface area is 309 Å².